The Labute approximate surface area is 174 Å². The molecule has 2 N–H and O–H groups in total. The van der Waals surface area contributed by atoms with E-state index in [-0.39, 0.29) is 11.3 Å². The highest BCUT2D eigenvalue weighted by molar-refractivity contribution is 7.89. The van der Waals surface area contributed by atoms with E-state index in [1.165, 1.54) is 31.4 Å². The summed E-state index contributed by atoms with van der Waals surface area (Å²) in [4.78, 5) is 11.5. The van der Waals surface area contributed by atoms with Crippen molar-refractivity contribution in [2.75, 3.05) is 7.11 Å². The fraction of sp³-hybridized carbons (Fsp3) is 0.136. The summed E-state index contributed by atoms with van der Waals surface area (Å²) in [7, 11) is -2.51. The van der Waals surface area contributed by atoms with Crippen LogP contribution >= 0.6 is 0 Å². The molecule has 1 unspecified atom stereocenters. The first kappa shape index (κ1) is 21.4. The zero-order valence-electron chi connectivity index (χ0n) is 16.2. The fourth-order valence-electron chi connectivity index (χ4n) is 2.80. The summed E-state index contributed by atoms with van der Waals surface area (Å²) in [6, 6.07) is 20.3. The molecule has 0 amide bonds. The molecule has 1 atom stereocenters. The maximum atomic E-state index is 12.7. The second-order valence-electron chi connectivity index (χ2n) is 6.43. The number of ether oxygens (including phenoxy) is 2. The lowest BCUT2D eigenvalue weighted by molar-refractivity contribution is -0.138. The maximum absolute atomic E-state index is 12.7. The van der Waals surface area contributed by atoms with Crippen LogP contribution in [-0.4, -0.2) is 32.6 Å². The van der Waals surface area contributed by atoms with Crippen LogP contribution in [0.1, 0.15) is 5.56 Å². The third kappa shape index (κ3) is 5.37. The van der Waals surface area contributed by atoms with Gasteiger partial charge in [0.1, 0.15) is 11.8 Å². The van der Waals surface area contributed by atoms with Gasteiger partial charge in [0.25, 0.3) is 0 Å². The van der Waals surface area contributed by atoms with Crippen LogP contribution in [0.3, 0.4) is 0 Å². The van der Waals surface area contributed by atoms with E-state index in [4.69, 9.17) is 9.47 Å². The van der Waals surface area contributed by atoms with E-state index in [0.717, 1.165) is 0 Å². The van der Waals surface area contributed by atoms with Gasteiger partial charge in [0, 0.05) is 0 Å². The SMILES string of the molecule is COc1ccccc1Oc1ccc(S(=O)(=O)NC(Cc2ccccc2)C(=O)O)cc1. The molecular weight excluding hydrogens is 406 g/mol. The zero-order valence-corrected chi connectivity index (χ0v) is 17.0. The molecule has 0 aliphatic rings. The standard InChI is InChI=1S/C22H21NO6S/c1-28-20-9-5-6-10-21(20)29-17-11-13-18(14-12-17)30(26,27)23-19(22(24)25)15-16-7-3-2-4-8-16/h2-14,19,23H,15H2,1H3,(H,24,25). The summed E-state index contributed by atoms with van der Waals surface area (Å²) < 4.78 is 38.6. The number of hydrogen-bond donors (Lipinski definition) is 2. The van der Waals surface area contributed by atoms with Gasteiger partial charge in [0.05, 0.1) is 12.0 Å². The van der Waals surface area contributed by atoms with Gasteiger partial charge in [-0.15, -0.1) is 0 Å². The van der Waals surface area contributed by atoms with Gasteiger partial charge >= 0.3 is 5.97 Å². The van der Waals surface area contributed by atoms with Gasteiger partial charge in [-0.1, -0.05) is 42.5 Å². The van der Waals surface area contributed by atoms with Crippen LogP contribution in [0.4, 0.5) is 0 Å². The van der Waals surface area contributed by atoms with Gasteiger partial charge in [-0.25, -0.2) is 8.42 Å². The zero-order chi connectivity index (χ0) is 21.6. The number of sulfonamides is 1. The second-order valence-corrected chi connectivity index (χ2v) is 8.14. The van der Waals surface area contributed by atoms with Crippen molar-refractivity contribution >= 4 is 16.0 Å². The summed E-state index contributed by atoms with van der Waals surface area (Å²) in [6.07, 6.45) is 0.0321. The van der Waals surface area contributed by atoms with Gasteiger partial charge in [-0.2, -0.15) is 4.72 Å². The Hall–Kier alpha value is -3.36. The predicted molar refractivity (Wildman–Crippen MR) is 111 cm³/mol. The Morgan fingerprint density at radius 1 is 0.933 bits per heavy atom. The average molecular weight is 427 g/mol. The molecule has 30 heavy (non-hydrogen) atoms. The summed E-state index contributed by atoms with van der Waals surface area (Å²) in [5.74, 6) is 0.194. The van der Waals surface area contributed by atoms with Crippen LogP contribution in [0.5, 0.6) is 17.2 Å². The van der Waals surface area contributed by atoms with Crippen molar-refractivity contribution in [2.24, 2.45) is 0 Å². The Kier molecular flexibility index (Phi) is 6.71. The smallest absolute Gasteiger partial charge is 0.322 e. The average Bonchev–Trinajstić information content (AvgIpc) is 2.74. The van der Waals surface area contributed by atoms with Crippen LogP contribution in [0, 0.1) is 0 Å². The summed E-state index contributed by atoms with van der Waals surface area (Å²) >= 11 is 0. The van der Waals surface area contributed by atoms with Crippen LogP contribution in [-0.2, 0) is 21.2 Å². The van der Waals surface area contributed by atoms with E-state index in [2.05, 4.69) is 4.72 Å². The molecule has 0 heterocycles. The number of carboxylic acids is 1. The molecule has 0 aromatic heterocycles. The lowest BCUT2D eigenvalue weighted by Gasteiger charge is -2.15. The number of methoxy groups -OCH3 is 1. The molecule has 0 radical (unpaired) electrons. The molecular formula is C22H21NO6S. The molecule has 7 nitrogen and oxygen atoms in total. The summed E-state index contributed by atoms with van der Waals surface area (Å²) in [5.41, 5.74) is 0.716. The lowest BCUT2D eigenvalue weighted by atomic mass is 10.1. The fourth-order valence-corrected chi connectivity index (χ4v) is 3.99. The van der Waals surface area contributed by atoms with Gasteiger partial charge in [0.15, 0.2) is 11.5 Å². The first-order valence-corrected chi connectivity index (χ1v) is 10.6. The number of aliphatic carboxylic acids is 1. The van der Waals surface area contributed by atoms with Crippen LogP contribution < -0.4 is 14.2 Å². The number of para-hydroxylation sites is 2. The molecule has 0 saturated carbocycles. The van der Waals surface area contributed by atoms with E-state index >= 15 is 0 Å². The van der Waals surface area contributed by atoms with E-state index < -0.39 is 22.0 Å². The molecule has 0 aliphatic heterocycles. The van der Waals surface area contributed by atoms with Crippen molar-refractivity contribution in [3.63, 3.8) is 0 Å². The highest BCUT2D eigenvalue weighted by atomic mass is 32.2. The lowest BCUT2D eigenvalue weighted by Crippen LogP contribution is -2.42. The van der Waals surface area contributed by atoms with Gasteiger partial charge in [-0.05, 0) is 48.4 Å². The van der Waals surface area contributed by atoms with Crippen molar-refractivity contribution in [1.29, 1.82) is 0 Å². The number of rotatable bonds is 9. The topological polar surface area (TPSA) is 102 Å². The number of nitrogens with one attached hydrogen (secondary N) is 1. The first-order chi connectivity index (χ1) is 14.4. The molecule has 156 valence electrons. The Morgan fingerprint density at radius 2 is 1.53 bits per heavy atom. The number of carbonyl (C=O) groups is 1. The van der Waals surface area contributed by atoms with Gasteiger partial charge in [0.2, 0.25) is 10.0 Å². The predicted octanol–water partition coefficient (Wildman–Crippen LogP) is 3.46. The third-order valence-electron chi connectivity index (χ3n) is 4.31. The van der Waals surface area contributed by atoms with Crippen molar-refractivity contribution in [1.82, 2.24) is 4.72 Å². The summed E-state index contributed by atoms with van der Waals surface area (Å²) in [6.45, 7) is 0. The minimum atomic E-state index is -4.04. The molecule has 3 rings (SSSR count). The summed E-state index contributed by atoms with van der Waals surface area (Å²) in [5, 5.41) is 9.44. The molecule has 0 fully saturated rings. The molecule has 0 spiro atoms. The molecule has 0 aliphatic carbocycles. The Morgan fingerprint density at radius 3 is 2.13 bits per heavy atom. The third-order valence-corrected chi connectivity index (χ3v) is 5.80. The van der Waals surface area contributed by atoms with E-state index in [9.17, 15) is 18.3 Å². The molecule has 0 bridgehead atoms. The van der Waals surface area contributed by atoms with Gasteiger partial charge in [-0.3, -0.25) is 4.79 Å². The first-order valence-electron chi connectivity index (χ1n) is 9.09. The van der Waals surface area contributed by atoms with Crippen molar-refractivity contribution < 1.29 is 27.8 Å². The highest BCUT2D eigenvalue weighted by Crippen LogP contribution is 2.31. The molecule has 3 aromatic rings. The normalized spacial score (nSPS) is 12.2. The van der Waals surface area contributed by atoms with Crippen molar-refractivity contribution in [3.8, 4) is 17.2 Å². The van der Waals surface area contributed by atoms with Crippen LogP contribution in [0.15, 0.2) is 83.8 Å². The van der Waals surface area contributed by atoms with E-state index in [1.54, 1.807) is 54.6 Å². The number of carboxylic acid groups (broad SMARTS) is 1. The Balaban J connectivity index is 1.74. The van der Waals surface area contributed by atoms with E-state index in [0.29, 0.717) is 22.8 Å². The van der Waals surface area contributed by atoms with E-state index in [1.807, 2.05) is 0 Å². The number of hydrogen-bond acceptors (Lipinski definition) is 5. The second kappa shape index (κ2) is 9.43. The highest BCUT2D eigenvalue weighted by Gasteiger charge is 2.25. The van der Waals surface area contributed by atoms with Crippen molar-refractivity contribution in [2.45, 2.75) is 17.4 Å². The van der Waals surface area contributed by atoms with Crippen LogP contribution in [0.25, 0.3) is 0 Å². The largest absolute Gasteiger partial charge is 0.493 e. The maximum Gasteiger partial charge on any atom is 0.322 e. The molecule has 0 saturated heterocycles. The molecule has 3 aromatic carbocycles. The minimum absolute atomic E-state index is 0.0321. The molecule has 8 heteroatoms. The van der Waals surface area contributed by atoms with Gasteiger partial charge < -0.3 is 14.6 Å². The van der Waals surface area contributed by atoms with Crippen molar-refractivity contribution in [3.05, 3.63) is 84.4 Å². The number of benzene rings is 3. The quantitative estimate of drug-likeness (QED) is 0.542. The Bertz CT molecular complexity index is 1100. The minimum Gasteiger partial charge on any atom is -0.493 e. The monoisotopic (exact) mass is 427 g/mol. The van der Waals surface area contributed by atoms with Crippen LogP contribution in [0.2, 0.25) is 0 Å².